The first-order valence-corrected chi connectivity index (χ1v) is 4.81. The van der Waals surface area contributed by atoms with Crippen molar-refractivity contribution in [2.24, 2.45) is 0 Å². The van der Waals surface area contributed by atoms with E-state index in [0.717, 1.165) is 0 Å². The molecule has 0 aromatic heterocycles. The molecule has 2 amide bonds. The summed E-state index contributed by atoms with van der Waals surface area (Å²) in [7, 11) is 0. The minimum atomic E-state index is -1.76. The van der Waals surface area contributed by atoms with Crippen LogP contribution in [0.1, 0.15) is 12.5 Å². The number of nitrogens with one attached hydrogen (secondary N) is 2. The molecule has 1 rings (SSSR count). The monoisotopic (exact) mass is 250 g/mol. The molecule has 1 aromatic carbocycles. The number of urea groups is 1. The largest absolute Gasteiger partial charge is 0.338 e. The number of benzene rings is 1. The van der Waals surface area contributed by atoms with E-state index in [1.165, 1.54) is 0 Å². The number of rotatable bonds is 3. The Kier molecular flexibility index (Phi) is 4.30. The molecular formula is C10H10F4N2O. The first-order chi connectivity index (χ1) is 7.97. The molecule has 0 aliphatic heterocycles. The van der Waals surface area contributed by atoms with Gasteiger partial charge in [0.25, 0.3) is 0 Å². The molecule has 0 fully saturated rings. The van der Waals surface area contributed by atoms with Gasteiger partial charge in [-0.2, -0.15) is 0 Å². The first kappa shape index (κ1) is 13.3. The van der Waals surface area contributed by atoms with Gasteiger partial charge in [0.2, 0.25) is 0 Å². The lowest BCUT2D eigenvalue weighted by atomic mass is 10.2. The van der Waals surface area contributed by atoms with Gasteiger partial charge in [0.1, 0.15) is 5.82 Å². The lowest BCUT2D eigenvalue weighted by Gasteiger charge is -2.08. The Labute approximate surface area is 94.8 Å². The third-order valence-corrected chi connectivity index (χ3v) is 1.97. The minimum Gasteiger partial charge on any atom is -0.338 e. The van der Waals surface area contributed by atoms with Crippen LogP contribution < -0.4 is 10.6 Å². The number of carbonyl (C=O) groups is 1. The van der Waals surface area contributed by atoms with Crippen molar-refractivity contribution < 1.29 is 22.4 Å². The Balaban J connectivity index is 2.85. The molecule has 17 heavy (non-hydrogen) atoms. The van der Waals surface area contributed by atoms with E-state index in [1.54, 1.807) is 6.92 Å². The molecule has 0 aliphatic rings. The third kappa shape index (κ3) is 3.08. The highest BCUT2D eigenvalue weighted by Gasteiger charge is 2.19. The summed E-state index contributed by atoms with van der Waals surface area (Å²) in [4.78, 5) is 11.0. The van der Waals surface area contributed by atoms with Crippen molar-refractivity contribution in [3.05, 3.63) is 34.9 Å². The van der Waals surface area contributed by atoms with Gasteiger partial charge in [-0.1, -0.05) is 0 Å². The fraction of sp³-hybridized carbons (Fsp3) is 0.300. The third-order valence-electron chi connectivity index (χ3n) is 1.97. The average molecular weight is 250 g/mol. The van der Waals surface area contributed by atoms with Crippen LogP contribution in [0.25, 0.3) is 0 Å². The Bertz CT molecular complexity index is 437. The number of halogens is 4. The fourth-order valence-electron chi connectivity index (χ4n) is 1.16. The molecule has 0 bridgehead atoms. The predicted octanol–water partition coefficient (Wildman–Crippen LogP) is 2.06. The highest BCUT2D eigenvalue weighted by Crippen LogP contribution is 2.18. The van der Waals surface area contributed by atoms with Crippen LogP contribution in [0.15, 0.2) is 6.07 Å². The van der Waals surface area contributed by atoms with Crippen LogP contribution in [0, 0.1) is 23.3 Å². The highest BCUT2D eigenvalue weighted by atomic mass is 19.2. The lowest BCUT2D eigenvalue weighted by Crippen LogP contribution is -2.35. The van der Waals surface area contributed by atoms with Crippen molar-refractivity contribution in [1.82, 2.24) is 10.6 Å². The summed E-state index contributed by atoms with van der Waals surface area (Å²) in [6.07, 6.45) is 0. The van der Waals surface area contributed by atoms with Crippen molar-refractivity contribution >= 4 is 6.03 Å². The Morgan fingerprint density at radius 2 is 1.76 bits per heavy atom. The van der Waals surface area contributed by atoms with Gasteiger partial charge in [-0.25, -0.2) is 22.4 Å². The molecule has 0 heterocycles. The molecular weight excluding hydrogens is 240 g/mol. The Morgan fingerprint density at radius 3 is 2.35 bits per heavy atom. The average Bonchev–Trinajstić information content (AvgIpc) is 2.26. The summed E-state index contributed by atoms with van der Waals surface area (Å²) in [6.45, 7) is 1.41. The summed E-state index contributed by atoms with van der Waals surface area (Å²) in [6, 6.07) is -0.427. The Morgan fingerprint density at radius 1 is 1.12 bits per heavy atom. The van der Waals surface area contributed by atoms with Gasteiger partial charge in [-0.05, 0) is 6.92 Å². The van der Waals surface area contributed by atoms with Gasteiger partial charge in [0.05, 0.1) is 6.54 Å². The predicted molar refractivity (Wildman–Crippen MR) is 52.2 cm³/mol. The topological polar surface area (TPSA) is 41.1 Å². The van der Waals surface area contributed by atoms with Gasteiger partial charge < -0.3 is 10.6 Å². The zero-order chi connectivity index (χ0) is 13.0. The lowest BCUT2D eigenvalue weighted by molar-refractivity contribution is 0.240. The highest BCUT2D eigenvalue weighted by molar-refractivity contribution is 5.73. The van der Waals surface area contributed by atoms with E-state index in [2.05, 4.69) is 10.6 Å². The molecule has 0 unspecified atom stereocenters. The molecule has 0 atom stereocenters. The van der Waals surface area contributed by atoms with Gasteiger partial charge >= 0.3 is 6.03 Å². The van der Waals surface area contributed by atoms with Crippen molar-refractivity contribution in [2.75, 3.05) is 6.54 Å². The smallest absolute Gasteiger partial charge is 0.315 e. The van der Waals surface area contributed by atoms with E-state index in [4.69, 9.17) is 0 Å². The minimum absolute atomic E-state index is 0.229. The van der Waals surface area contributed by atoms with Crippen molar-refractivity contribution in [3.8, 4) is 0 Å². The second-order valence-electron chi connectivity index (χ2n) is 3.16. The zero-order valence-corrected chi connectivity index (χ0v) is 8.91. The number of hydrogen-bond acceptors (Lipinski definition) is 1. The van der Waals surface area contributed by atoms with Crippen LogP contribution in [0.3, 0.4) is 0 Å². The van der Waals surface area contributed by atoms with Crippen molar-refractivity contribution in [1.29, 1.82) is 0 Å². The number of carbonyl (C=O) groups excluding carboxylic acids is 1. The molecule has 0 saturated carbocycles. The van der Waals surface area contributed by atoms with E-state index in [9.17, 15) is 22.4 Å². The summed E-state index contributed by atoms with van der Waals surface area (Å²) in [5.41, 5.74) is -0.727. The molecule has 0 radical (unpaired) electrons. The molecule has 7 heteroatoms. The zero-order valence-electron chi connectivity index (χ0n) is 8.91. The Hall–Kier alpha value is -1.79. The second kappa shape index (κ2) is 5.51. The molecule has 3 nitrogen and oxygen atoms in total. The molecule has 0 aliphatic carbocycles. The summed E-state index contributed by atoms with van der Waals surface area (Å²) in [5.74, 6) is -6.27. The van der Waals surface area contributed by atoms with Crippen LogP contribution in [-0.2, 0) is 6.54 Å². The SMILES string of the molecule is CCNC(=O)NCc1c(F)cc(F)c(F)c1F. The molecule has 0 spiro atoms. The van der Waals surface area contributed by atoms with E-state index in [1.807, 2.05) is 0 Å². The molecule has 0 saturated heterocycles. The van der Waals surface area contributed by atoms with Crippen LogP contribution in [-0.4, -0.2) is 12.6 Å². The number of hydrogen-bond donors (Lipinski definition) is 2. The maximum Gasteiger partial charge on any atom is 0.315 e. The van der Waals surface area contributed by atoms with Crippen molar-refractivity contribution in [3.63, 3.8) is 0 Å². The summed E-state index contributed by atoms with van der Waals surface area (Å²) in [5, 5.41) is 4.43. The quantitative estimate of drug-likeness (QED) is 0.481. The van der Waals surface area contributed by atoms with Crippen LogP contribution in [0.2, 0.25) is 0 Å². The summed E-state index contributed by atoms with van der Waals surface area (Å²) < 4.78 is 51.6. The standard InChI is InChI=1S/C10H10F4N2O/c1-2-15-10(17)16-4-5-6(11)3-7(12)9(14)8(5)13/h3H,2,4H2,1H3,(H2,15,16,17). The van der Waals surface area contributed by atoms with E-state index < -0.39 is 41.4 Å². The van der Waals surface area contributed by atoms with Crippen LogP contribution in [0.5, 0.6) is 0 Å². The first-order valence-electron chi connectivity index (χ1n) is 4.81. The second-order valence-corrected chi connectivity index (χ2v) is 3.16. The van der Waals surface area contributed by atoms with Crippen LogP contribution in [0.4, 0.5) is 22.4 Å². The maximum absolute atomic E-state index is 13.1. The van der Waals surface area contributed by atoms with Gasteiger partial charge in [0.15, 0.2) is 17.5 Å². The maximum atomic E-state index is 13.1. The van der Waals surface area contributed by atoms with E-state index in [-0.39, 0.29) is 6.07 Å². The van der Waals surface area contributed by atoms with Gasteiger partial charge in [-0.3, -0.25) is 0 Å². The van der Waals surface area contributed by atoms with Gasteiger partial charge in [-0.15, -0.1) is 0 Å². The fourth-order valence-corrected chi connectivity index (χ4v) is 1.16. The van der Waals surface area contributed by atoms with Crippen molar-refractivity contribution in [2.45, 2.75) is 13.5 Å². The molecule has 94 valence electrons. The normalized spacial score (nSPS) is 10.2. The van der Waals surface area contributed by atoms with Gasteiger partial charge in [0, 0.05) is 18.2 Å². The summed E-state index contributed by atoms with van der Waals surface area (Å²) >= 11 is 0. The van der Waals surface area contributed by atoms with E-state index >= 15 is 0 Å². The number of amides is 2. The molecule has 1 aromatic rings. The molecule has 2 N–H and O–H groups in total. The van der Waals surface area contributed by atoms with E-state index in [0.29, 0.717) is 6.54 Å². The van der Waals surface area contributed by atoms with Crippen LogP contribution >= 0.6 is 0 Å².